The Balaban J connectivity index is 1.43. The fraction of sp³-hybridized carbons (Fsp3) is 0. The zero-order valence-corrected chi connectivity index (χ0v) is 21.8. The van der Waals surface area contributed by atoms with Crippen molar-refractivity contribution in [1.82, 2.24) is 19.9 Å². The van der Waals surface area contributed by atoms with Crippen molar-refractivity contribution in [1.29, 1.82) is 0 Å². The van der Waals surface area contributed by atoms with Crippen LogP contribution in [0, 0.1) is 23.3 Å². The van der Waals surface area contributed by atoms with E-state index in [2.05, 4.69) is 0 Å². The summed E-state index contributed by atoms with van der Waals surface area (Å²) < 4.78 is 55.5. The van der Waals surface area contributed by atoms with Gasteiger partial charge < -0.3 is 0 Å². The Morgan fingerprint density at radius 3 is 1.20 bits per heavy atom. The van der Waals surface area contributed by atoms with Crippen molar-refractivity contribution in [2.75, 3.05) is 0 Å². The van der Waals surface area contributed by atoms with E-state index in [0.29, 0.717) is 60.8 Å². The molecule has 7 rings (SSSR count). The highest BCUT2D eigenvalue weighted by Crippen LogP contribution is 2.41. The van der Waals surface area contributed by atoms with Gasteiger partial charge >= 0.3 is 0 Å². The number of benzene rings is 4. The molecule has 0 aliphatic rings. The van der Waals surface area contributed by atoms with Gasteiger partial charge in [-0.25, -0.2) is 37.5 Å². The van der Waals surface area contributed by atoms with E-state index in [-0.39, 0.29) is 5.82 Å². The van der Waals surface area contributed by atoms with E-state index < -0.39 is 17.5 Å². The van der Waals surface area contributed by atoms with Gasteiger partial charge in [0.2, 0.25) is 0 Å². The number of rotatable bonds is 4. The fourth-order valence-corrected chi connectivity index (χ4v) is 5.60. The summed E-state index contributed by atoms with van der Waals surface area (Å²) in [6, 6.07) is 23.8. The predicted molar refractivity (Wildman–Crippen MR) is 152 cm³/mol. The third-order valence-corrected chi connectivity index (χ3v) is 7.66. The van der Waals surface area contributed by atoms with E-state index in [1.807, 2.05) is 12.1 Å². The summed E-state index contributed by atoms with van der Waals surface area (Å²) in [5.41, 5.74) is 4.98. The second kappa shape index (κ2) is 9.87. The molecule has 7 aromatic rings. The molecular weight excluding hydrogens is 548 g/mol. The molecule has 3 aromatic heterocycles. The SMILES string of the molecule is Fc1ccc(-c2nc3cc(F)ccc3nc2-c2ccc(-c3nc4cc(F)ccc4nc3-c3ccc(F)cc3)s2)cc1. The Labute approximate surface area is 234 Å². The number of halogens is 4. The van der Waals surface area contributed by atoms with Crippen LogP contribution in [0.15, 0.2) is 97.1 Å². The Hall–Kier alpha value is -5.02. The predicted octanol–water partition coefficient (Wildman–Crippen LogP) is 8.86. The quantitative estimate of drug-likeness (QED) is 0.200. The molecule has 3 heterocycles. The average Bonchev–Trinajstić information content (AvgIpc) is 3.47. The molecular formula is C32H16F4N4S. The van der Waals surface area contributed by atoms with Gasteiger partial charge in [0.15, 0.2) is 0 Å². The van der Waals surface area contributed by atoms with Gasteiger partial charge in [0.25, 0.3) is 0 Å². The van der Waals surface area contributed by atoms with Gasteiger partial charge in [-0.3, -0.25) is 0 Å². The number of aromatic nitrogens is 4. The van der Waals surface area contributed by atoms with Crippen LogP contribution in [0.5, 0.6) is 0 Å². The minimum atomic E-state index is -0.442. The standard InChI is InChI=1S/C32H16F4N4S/c33-19-5-1-17(2-6-19)29-32(40-26-16-22(36)9-11-23(26)37-29)28-14-13-27(41-28)31-30(18-3-7-20(34)8-4-18)39-25-15-21(35)10-12-24(25)38-31/h1-16H. The Kier molecular flexibility index (Phi) is 6.01. The van der Waals surface area contributed by atoms with E-state index in [0.717, 1.165) is 4.88 Å². The lowest BCUT2D eigenvalue weighted by Gasteiger charge is -2.10. The van der Waals surface area contributed by atoms with Gasteiger partial charge in [-0.2, -0.15) is 0 Å². The summed E-state index contributed by atoms with van der Waals surface area (Å²) in [6.07, 6.45) is 0. The van der Waals surface area contributed by atoms with Crippen molar-refractivity contribution >= 4 is 33.4 Å². The van der Waals surface area contributed by atoms with Gasteiger partial charge in [-0.1, -0.05) is 0 Å². The van der Waals surface area contributed by atoms with Crippen molar-refractivity contribution in [3.8, 4) is 43.7 Å². The molecule has 9 heteroatoms. The van der Waals surface area contributed by atoms with Crippen molar-refractivity contribution in [2.24, 2.45) is 0 Å². The Morgan fingerprint density at radius 2 is 0.732 bits per heavy atom. The van der Waals surface area contributed by atoms with E-state index in [1.165, 1.54) is 59.9 Å². The highest BCUT2D eigenvalue weighted by molar-refractivity contribution is 7.18. The van der Waals surface area contributed by atoms with E-state index in [4.69, 9.17) is 19.9 Å². The zero-order valence-electron chi connectivity index (χ0n) is 20.9. The second-order valence-corrected chi connectivity index (χ2v) is 10.4. The summed E-state index contributed by atoms with van der Waals surface area (Å²) >= 11 is 1.37. The second-order valence-electron chi connectivity index (χ2n) is 9.29. The van der Waals surface area contributed by atoms with Crippen molar-refractivity contribution < 1.29 is 17.6 Å². The van der Waals surface area contributed by atoms with Crippen LogP contribution in [0.3, 0.4) is 0 Å². The van der Waals surface area contributed by atoms with Gasteiger partial charge in [0.1, 0.15) is 34.7 Å². The molecule has 0 bridgehead atoms. The molecule has 41 heavy (non-hydrogen) atoms. The summed E-state index contributed by atoms with van der Waals surface area (Å²) in [5.74, 6) is -1.66. The van der Waals surface area contributed by atoms with Gasteiger partial charge in [0, 0.05) is 23.3 Å². The highest BCUT2D eigenvalue weighted by Gasteiger charge is 2.20. The average molecular weight is 565 g/mol. The first-order chi connectivity index (χ1) is 19.9. The number of hydrogen-bond donors (Lipinski definition) is 0. The highest BCUT2D eigenvalue weighted by atomic mass is 32.1. The summed E-state index contributed by atoms with van der Waals surface area (Å²) in [5, 5.41) is 0. The molecule has 0 N–H and O–H groups in total. The van der Waals surface area contributed by atoms with E-state index in [9.17, 15) is 17.6 Å². The maximum atomic E-state index is 14.1. The molecule has 0 aliphatic heterocycles. The minimum absolute atomic E-state index is 0.367. The Morgan fingerprint density at radius 1 is 0.366 bits per heavy atom. The zero-order chi connectivity index (χ0) is 28.1. The smallest absolute Gasteiger partial charge is 0.125 e. The summed E-state index contributed by atoms with van der Waals surface area (Å²) in [7, 11) is 0. The molecule has 4 aromatic carbocycles. The molecule has 0 aliphatic carbocycles. The topological polar surface area (TPSA) is 51.6 Å². The largest absolute Gasteiger partial charge is 0.244 e. The van der Waals surface area contributed by atoms with Crippen molar-refractivity contribution in [3.63, 3.8) is 0 Å². The molecule has 0 unspecified atom stereocenters. The Bertz CT molecular complexity index is 2090. The number of thiophene rings is 1. The monoisotopic (exact) mass is 564 g/mol. The number of nitrogens with zero attached hydrogens (tertiary/aromatic N) is 4. The van der Waals surface area contributed by atoms with Gasteiger partial charge in [-0.15, -0.1) is 11.3 Å². The number of fused-ring (bicyclic) bond motifs is 2. The van der Waals surface area contributed by atoms with Crippen molar-refractivity contribution in [2.45, 2.75) is 0 Å². The maximum absolute atomic E-state index is 14.1. The van der Waals surface area contributed by atoms with Crippen LogP contribution in [-0.2, 0) is 0 Å². The van der Waals surface area contributed by atoms with E-state index >= 15 is 0 Å². The van der Waals surface area contributed by atoms with Crippen molar-refractivity contribution in [3.05, 3.63) is 120 Å². The van der Waals surface area contributed by atoms with Crippen LogP contribution in [-0.4, -0.2) is 19.9 Å². The van der Waals surface area contributed by atoms with Crippen LogP contribution >= 0.6 is 11.3 Å². The lowest BCUT2D eigenvalue weighted by Crippen LogP contribution is -1.95. The number of hydrogen-bond acceptors (Lipinski definition) is 5. The fourth-order valence-electron chi connectivity index (χ4n) is 4.61. The maximum Gasteiger partial charge on any atom is 0.125 e. The molecule has 4 nitrogen and oxygen atoms in total. The lowest BCUT2D eigenvalue weighted by atomic mass is 10.1. The van der Waals surface area contributed by atoms with Crippen LogP contribution in [0.25, 0.3) is 65.7 Å². The summed E-state index contributed by atoms with van der Waals surface area (Å²) in [6.45, 7) is 0. The third kappa shape index (κ3) is 4.70. The normalized spacial score (nSPS) is 11.4. The molecule has 0 atom stereocenters. The third-order valence-electron chi connectivity index (χ3n) is 6.56. The first-order valence-electron chi connectivity index (χ1n) is 12.5. The molecule has 0 amide bonds. The molecule has 0 radical (unpaired) electrons. The van der Waals surface area contributed by atoms with Gasteiger partial charge in [-0.05, 0) is 84.9 Å². The van der Waals surface area contributed by atoms with Crippen LogP contribution in [0.1, 0.15) is 0 Å². The van der Waals surface area contributed by atoms with E-state index in [1.54, 1.807) is 36.4 Å². The minimum Gasteiger partial charge on any atom is -0.244 e. The molecule has 198 valence electrons. The molecule has 0 spiro atoms. The summed E-state index contributed by atoms with van der Waals surface area (Å²) in [4.78, 5) is 20.4. The molecule has 0 saturated heterocycles. The van der Waals surface area contributed by atoms with Crippen LogP contribution in [0.4, 0.5) is 17.6 Å². The van der Waals surface area contributed by atoms with Crippen LogP contribution < -0.4 is 0 Å². The molecule has 0 fully saturated rings. The van der Waals surface area contributed by atoms with Gasteiger partial charge in [0.05, 0.1) is 43.2 Å². The first-order valence-corrected chi connectivity index (χ1v) is 13.3. The molecule has 0 saturated carbocycles. The lowest BCUT2D eigenvalue weighted by molar-refractivity contribution is 0.627. The van der Waals surface area contributed by atoms with Crippen LogP contribution in [0.2, 0.25) is 0 Å². The first kappa shape index (κ1) is 25.0.